The topological polar surface area (TPSA) is 103 Å². The highest BCUT2D eigenvalue weighted by atomic mass is 28.3. The Morgan fingerprint density at radius 1 is 1.11 bits per heavy atom. The number of hydrogen-bond donors (Lipinski definition) is 1. The van der Waals surface area contributed by atoms with Crippen LogP contribution in [0.4, 0.5) is 0 Å². The smallest absolute Gasteiger partial charge is 0.255 e. The fourth-order valence-electron chi connectivity index (χ4n) is 4.03. The van der Waals surface area contributed by atoms with Crippen molar-refractivity contribution in [2.24, 2.45) is 0 Å². The van der Waals surface area contributed by atoms with Crippen LogP contribution in [0.1, 0.15) is 11.7 Å². The van der Waals surface area contributed by atoms with Gasteiger partial charge in [0.15, 0.2) is 11.8 Å². The number of aliphatic hydroxyl groups excluding tert-OH is 1. The molecule has 4 rings (SSSR count). The van der Waals surface area contributed by atoms with Crippen molar-refractivity contribution < 1.29 is 19.4 Å². The Morgan fingerprint density at radius 3 is 2.55 bits per heavy atom. The number of aromatic nitrogens is 4. The Labute approximate surface area is 224 Å². The predicted octanol–water partition coefficient (Wildman–Crippen LogP) is 4.60. The number of rotatable bonds is 10. The lowest BCUT2D eigenvalue weighted by molar-refractivity contribution is -0.137. The van der Waals surface area contributed by atoms with Gasteiger partial charge in [-0.2, -0.15) is 5.10 Å². The lowest BCUT2D eigenvalue weighted by Crippen LogP contribution is -2.28. The zero-order chi connectivity index (χ0) is 27.4. The van der Waals surface area contributed by atoms with E-state index in [0.29, 0.717) is 30.3 Å². The van der Waals surface area contributed by atoms with E-state index in [0.717, 1.165) is 33.8 Å². The highest BCUT2D eigenvalue weighted by molar-refractivity contribution is 6.76. The molecule has 3 aromatic heterocycles. The maximum Gasteiger partial charge on any atom is 0.255 e. The van der Waals surface area contributed by atoms with E-state index in [1.807, 2.05) is 30.3 Å². The average Bonchev–Trinajstić information content (AvgIpc) is 3.27. The first-order valence-electron chi connectivity index (χ1n) is 12.5. The molecule has 0 spiro atoms. The number of fused-ring (bicyclic) bond motifs is 1. The molecule has 0 bridgehead atoms. The first-order valence-corrected chi connectivity index (χ1v) is 16.2. The number of methoxy groups -OCH3 is 1. The lowest BCUT2D eigenvalue weighted by atomic mass is 10.0. The summed E-state index contributed by atoms with van der Waals surface area (Å²) in [6.45, 7) is 7.93. The molecule has 0 aliphatic rings. The van der Waals surface area contributed by atoms with E-state index < -0.39 is 20.1 Å². The maximum absolute atomic E-state index is 12.3. The van der Waals surface area contributed by atoms with Crippen molar-refractivity contribution in [3.8, 4) is 28.1 Å². The molecular weight excluding hydrogens is 498 g/mol. The Bertz CT molecular complexity index is 1430. The molecule has 0 aliphatic carbocycles. The van der Waals surface area contributed by atoms with Gasteiger partial charge in [0, 0.05) is 75.0 Å². The fourth-order valence-corrected chi connectivity index (χ4v) is 4.78. The number of pyridine rings is 2. The molecular formula is C28H35N5O4Si. The molecule has 0 radical (unpaired) electrons. The van der Waals surface area contributed by atoms with Gasteiger partial charge in [-0.05, 0) is 30.3 Å². The summed E-state index contributed by atoms with van der Waals surface area (Å²) in [4.78, 5) is 22.7. The highest BCUT2D eigenvalue weighted by Gasteiger charge is 2.21. The average molecular weight is 534 g/mol. The van der Waals surface area contributed by atoms with Gasteiger partial charge in [-0.1, -0.05) is 31.8 Å². The standard InChI is InChI=1S/C28H35N5O4Si/c1-32(2)28(35)26(34)21-13-19(15-29-16-21)20-14-23-25(22-9-7-8-10-24(22)36-3)31-33(27(23)30-17-20)18-37-11-12-38(4,5)6/h7-10,13-17,26,34H,11-12,18H2,1-6H3. The summed E-state index contributed by atoms with van der Waals surface area (Å²) >= 11 is 0. The van der Waals surface area contributed by atoms with Crippen molar-refractivity contribution in [2.45, 2.75) is 38.5 Å². The quantitative estimate of drug-likeness (QED) is 0.235. The number of hydrogen-bond acceptors (Lipinski definition) is 7. The van der Waals surface area contributed by atoms with Crippen LogP contribution in [0, 0.1) is 0 Å². The molecule has 1 unspecified atom stereocenters. The second kappa shape index (κ2) is 11.4. The first kappa shape index (κ1) is 27.4. The van der Waals surface area contributed by atoms with Crippen LogP contribution in [0.25, 0.3) is 33.4 Å². The minimum atomic E-state index is -1.30. The summed E-state index contributed by atoms with van der Waals surface area (Å²) in [7, 11) is 3.63. The molecule has 3 heterocycles. The Kier molecular flexibility index (Phi) is 8.25. The van der Waals surface area contributed by atoms with Gasteiger partial charge >= 0.3 is 0 Å². The van der Waals surface area contributed by atoms with Gasteiger partial charge < -0.3 is 19.5 Å². The second-order valence-corrected chi connectivity index (χ2v) is 16.3. The van der Waals surface area contributed by atoms with Crippen LogP contribution in [0.5, 0.6) is 5.75 Å². The molecule has 0 saturated heterocycles. The molecule has 0 aliphatic heterocycles. The number of ether oxygens (including phenoxy) is 2. The van der Waals surface area contributed by atoms with Crippen molar-refractivity contribution in [2.75, 3.05) is 27.8 Å². The minimum Gasteiger partial charge on any atom is -0.496 e. The van der Waals surface area contributed by atoms with Crippen molar-refractivity contribution >= 4 is 25.0 Å². The van der Waals surface area contributed by atoms with Crippen molar-refractivity contribution in [3.63, 3.8) is 0 Å². The zero-order valence-corrected chi connectivity index (χ0v) is 23.8. The maximum atomic E-state index is 12.3. The molecule has 0 saturated carbocycles. The number of amides is 1. The summed E-state index contributed by atoms with van der Waals surface area (Å²) in [5, 5.41) is 16.2. The highest BCUT2D eigenvalue weighted by Crippen LogP contribution is 2.35. The number of para-hydroxylation sites is 1. The van der Waals surface area contributed by atoms with Gasteiger partial charge in [0.25, 0.3) is 5.91 Å². The molecule has 38 heavy (non-hydrogen) atoms. The number of carbonyl (C=O) groups is 1. The lowest BCUT2D eigenvalue weighted by Gasteiger charge is -2.16. The van der Waals surface area contributed by atoms with Gasteiger partial charge in [0.2, 0.25) is 0 Å². The van der Waals surface area contributed by atoms with Crippen LogP contribution in [0.15, 0.2) is 55.0 Å². The molecule has 1 amide bonds. The van der Waals surface area contributed by atoms with Crippen molar-refractivity contribution in [1.82, 2.24) is 24.6 Å². The number of nitrogens with zero attached hydrogens (tertiary/aromatic N) is 5. The minimum absolute atomic E-state index is 0.290. The Hall–Kier alpha value is -3.60. The molecule has 10 heteroatoms. The van der Waals surface area contributed by atoms with Crippen LogP contribution >= 0.6 is 0 Å². The van der Waals surface area contributed by atoms with E-state index in [4.69, 9.17) is 19.6 Å². The van der Waals surface area contributed by atoms with Crippen molar-refractivity contribution in [1.29, 1.82) is 0 Å². The normalized spacial score (nSPS) is 12.5. The van der Waals surface area contributed by atoms with Crippen LogP contribution in [0.2, 0.25) is 25.7 Å². The first-order chi connectivity index (χ1) is 18.1. The van der Waals surface area contributed by atoms with E-state index in [1.165, 1.54) is 11.1 Å². The summed E-state index contributed by atoms with van der Waals surface area (Å²) in [6, 6.07) is 12.6. The molecule has 1 N–H and O–H groups in total. The van der Waals surface area contributed by atoms with Crippen molar-refractivity contribution in [3.05, 3.63) is 60.6 Å². The van der Waals surface area contributed by atoms with E-state index in [2.05, 4.69) is 24.6 Å². The van der Waals surface area contributed by atoms with E-state index in [-0.39, 0.29) is 0 Å². The van der Waals surface area contributed by atoms with Crippen LogP contribution < -0.4 is 4.74 Å². The van der Waals surface area contributed by atoms with Crippen LogP contribution in [-0.4, -0.2) is 71.5 Å². The molecule has 1 aromatic carbocycles. The Morgan fingerprint density at radius 2 is 1.84 bits per heavy atom. The number of benzene rings is 1. The summed E-state index contributed by atoms with van der Waals surface area (Å²) in [5.74, 6) is 0.296. The monoisotopic (exact) mass is 533 g/mol. The third-order valence-corrected chi connectivity index (χ3v) is 7.95. The number of likely N-dealkylation sites (N-methyl/N-ethyl adjacent to an activating group) is 1. The largest absolute Gasteiger partial charge is 0.496 e. The molecule has 9 nitrogen and oxygen atoms in total. The molecule has 200 valence electrons. The van der Waals surface area contributed by atoms with E-state index in [9.17, 15) is 9.90 Å². The van der Waals surface area contributed by atoms with Gasteiger partial charge in [0.1, 0.15) is 18.2 Å². The summed E-state index contributed by atoms with van der Waals surface area (Å²) in [5.41, 5.74) is 4.19. The SMILES string of the molecule is COc1ccccc1-c1nn(COCC[Si](C)(C)C)c2ncc(-c3cncc(C(O)C(=O)N(C)C)c3)cc12. The van der Waals surface area contributed by atoms with Gasteiger partial charge in [-0.3, -0.25) is 9.78 Å². The third kappa shape index (κ3) is 6.09. The van der Waals surface area contributed by atoms with E-state index in [1.54, 1.807) is 44.3 Å². The number of carbonyl (C=O) groups excluding carboxylic acids is 1. The molecule has 1 atom stereocenters. The van der Waals surface area contributed by atoms with Gasteiger partial charge in [0.05, 0.1) is 7.11 Å². The Balaban J connectivity index is 1.76. The number of aliphatic hydroxyl groups is 1. The van der Waals surface area contributed by atoms with E-state index >= 15 is 0 Å². The third-order valence-electron chi connectivity index (χ3n) is 6.24. The second-order valence-electron chi connectivity index (χ2n) is 10.6. The summed E-state index contributed by atoms with van der Waals surface area (Å²) in [6.07, 6.45) is 3.63. The van der Waals surface area contributed by atoms with Gasteiger partial charge in [-0.15, -0.1) is 0 Å². The predicted molar refractivity (Wildman–Crippen MR) is 151 cm³/mol. The molecule has 0 fully saturated rings. The zero-order valence-electron chi connectivity index (χ0n) is 22.8. The van der Waals surface area contributed by atoms with Gasteiger partial charge in [-0.25, -0.2) is 9.67 Å². The summed E-state index contributed by atoms with van der Waals surface area (Å²) < 4.78 is 13.4. The van der Waals surface area contributed by atoms with Crippen LogP contribution in [-0.2, 0) is 16.3 Å². The molecule has 4 aromatic rings. The van der Waals surface area contributed by atoms with Crippen LogP contribution in [0.3, 0.4) is 0 Å². The fraction of sp³-hybridized carbons (Fsp3) is 0.357.